The molecule has 1 unspecified atom stereocenters. The van der Waals surface area contributed by atoms with Crippen LogP contribution in [0.25, 0.3) is 6.08 Å². The number of nitrogens with zero attached hydrogens (tertiary/aromatic N) is 4. The third-order valence-electron chi connectivity index (χ3n) is 7.57. The summed E-state index contributed by atoms with van der Waals surface area (Å²) in [4.78, 5) is 67.8. The van der Waals surface area contributed by atoms with Gasteiger partial charge >= 0.3 is 5.97 Å². The van der Waals surface area contributed by atoms with Gasteiger partial charge in [0.2, 0.25) is 6.41 Å². The zero-order valence-electron chi connectivity index (χ0n) is 26.7. The molecule has 2 aromatic carbocycles. The van der Waals surface area contributed by atoms with Crippen LogP contribution in [-0.4, -0.2) is 69.1 Å². The van der Waals surface area contributed by atoms with Gasteiger partial charge in [-0.05, 0) is 41.2 Å². The molecule has 2 aliphatic heterocycles. The van der Waals surface area contributed by atoms with E-state index in [-0.39, 0.29) is 22.2 Å². The lowest BCUT2D eigenvalue weighted by Gasteiger charge is -2.49. The highest BCUT2D eigenvalue weighted by Crippen LogP contribution is 2.45. The number of hydrogen-bond acceptors (Lipinski definition) is 12. The number of pyridine rings is 1. The third kappa shape index (κ3) is 7.64. The molecule has 0 radical (unpaired) electrons. The molecule has 1 fully saturated rings. The van der Waals surface area contributed by atoms with E-state index in [0.29, 0.717) is 17.1 Å². The van der Waals surface area contributed by atoms with Crippen LogP contribution in [0.3, 0.4) is 0 Å². The van der Waals surface area contributed by atoms with Crippen molar-refractivity contribution in [1.29, 1.82) is 0 Å². The van der Waals surface area contributed by atoms with Crippen LogP contribution in [0.1, 0.15) is 34.2 Å². The quantitative estimate of drug-likeness (QED) is 0.0625. The molecule has 2 N–H and O–H groups in total. The lowest BCUT2D eigenvalue weighted by Crippen LogP contribution is -2.71. The number of esters is 1. The van der Waals surface area contributed by atoms with Crippen molar-refractivity contribution in [2.75, 3.05) is 18.2 Å². The van der Waals surface area contributed by atoms with Crippen molar-refractivity contribution in [2.24, 2.45) is 5.16 Å². The van der Waals surface area contributed by atoms with Crippen molar-refractivity contribution in [3.8, 4) is 0 Å². The molecule has 1 saturated heterocycles. The van der Waals surface area contributed by atoms with Crippen molar-refractivity contribution < 1.29 is 28.8 Å². The summed E-state index contributed by atoms with van der Waals surface area (Å²) < 4.78 is 6.23. The Hall–Kier alpha value is -5.25. The molecule has 6 rings (SSSR count). The number of hydrogen-bond donors (Lipinski definition) is 2. The molecule has 3 amide bonds. The van der Waals surface area contributed by atoms with Gasteiger partial charge < -0.3 is 20.2 Å². The molecule has 2 aromatic heterocycles. The second kappa shape index (κ2) is 16.0. The van der Waals surface area contributed by atoms with Gasteiger partial charge in [-0.2, -0.15) is 0 Å². The van der Waals surface area contributed by atoms with Gasteiger partial charge in [0.1, 0.15) is 29.9 Å². The van der Waals surface area contributed by atoms with Gasteiger partial charge in [-0.25, -0.2) is 9.78 Å². The summed E-state index contributed by atoms with van der Waals surface area (Å²) in [6, 6.07) is 21.7. The number of nitrogens with one attached hydrogen (secondary N) is 2. The van der Waals surface area contributed by atoms with Gasteiger partial charge in [0, 0.05) is 27.9 Å². The van der Waals surface area contributed by atoms with Crippen molar-refractivity contribution in [2.45, 2.75) is 24.4 Å². The summed E-state index contributed by atoms with van der Waals surface area (Å²) >= 11 is 3.83. The molecule has 4 aromatic rings. The highest BCUT2D eigenvalue weighted by molar-refractivity contribution is 8.08. The molecule has 2 atom stereocenters. The molecule has 0 aliphatic carbocycles. The van der Waals surface area contributed by atoms with Crippen LogP contribution >= 0.6 is 34.9 Å². The molecule has 4 heterocycles. The van der Waals surface area contributed by atoms with Crippen LogP contribution in [0.4, 0.5) is 5.13 Å². The van der Waals surface area contributed by atoms with Gasteiger partial charge in [-0.1, -0.05) is 83.6 Å². The van der Waals surface area contributed by atoms with Crippen LogP contribution in [0, 0.1) is 6.92 Å². The predicted octanol–water partition coefficient (Wildman–Crippen LogP) is 5.11. The molecule has 0 spiro atoms. The number of β-lactam (4-membered cyclic amide) rings is 1. The number of aromatic nitrogens is 2. The number of oxime groups is 1. The highest BCUT2D eigenvalue weighted by Gasteiger charge is 2.55. The van der Waals surface area contributed by atoms with E-state index in [9.17, 15) is 19.2 Å². The summed E-state index contributed by atoms with van der Waals surface area (Å²) in [6.07, 6.45) is 3.37. The molecule has 12 nitrogen and oxygen atoms in total. The maximum atomic E-state index is 14.2. The normalized spacial score (nSPS) is 17.3. The fourth-order valence-electron chi connectivity index (χ4n) is 5.20. The molecular formula is C35H30N6O6S3. The van der Waals surface area contributed by atoms with Crippen LogP contribution in [-0.2, 0) is 28.8 Å². The number of anilines is 1. The van der Waals surface area contributed by atoms with Crippen LogP contribution in [0.15, 0.2) is 106 Å². The van der Waals surface area contributed by atoms with Crippen LogP contribution in [0.2, 0.25) is 0 Å². The maximum absolute atomic E-state index is 14.2. The Morgan fingerprint density at radius 3 is 2.44 bits per heavy atom. The van der Waals surface area contributed by atoms with E-state index in [1.54, 1.807) is 6.20 Å². The van der Waals surface area contributed by atoms with Gasteiger partial charge in [-0.15, -0.1) is 23.1 Å². The fourth-order valence-corrected chi connectivity index (χ4v) is 8.20. The summed E-state index contributed by atoms with van der Waals surface area (Å²) in [6.45, 7) is 1.91. The summed E-state index contributed by atoms with van der Waals surface area (Å²) in [5, 5.41) is 12.0. The second-order valence-corrected chi connectivity index (χ2v) is 13.8. The summed E-state index contributed by atoms with van der Waals surface area (Å²) in [5.41, 5.74) is 3.42. The zero-order valence-corrected chi connectivity index (χ0v) is 29.2. The Labute approximate surface area is 300 Å². The van der Waals surface area contributed by atoms with Crippen molar-refractivity contribution in [3.63, 3.8) is 0 Å². The Kier molecular flexibility index (Phi) is 11.1. The topological polar surface area (TPSA) is 152 Å². The Bertz CT molecular complexity index is 1930. The number of carbonyl (C=O) groups excluding carboxylic acids is 4. The van der Waals surface area contributed by atoms with E-state index in [4.69, 9.17) is 9.57 Å². The number of thiazole rings is 1. The first-order chi connectivity index (χ1) is 24.4. The Morgan fingerprint density at radius 1 is 1.08 bits per heavy atom. The monoisotopic (exact) mass is 726 g/mol. The predicted molar refractivity (Wildman–Crippen MR) is 194 cm³/mol. The van der Waals surface area contributed by atoms with E-state index < -0.39 is 35.3 Å². The van der Waals surface area contributed by atoms with E-state index in [2.05, 4.69) is 25.8 Å². The number of fused-ring (bicyclic) bond motifs is 1. The maximum Gasteiger partial charge on any atom is 0.356 e. The average Bonchev–Trinajstić information content (AvgIpc) is 3.61. The first kappa shape index (κ1) is 34.6. The summed E-state index contributed by atoms with van der Waals surface area (Å²) in [5.74, 6) is -1.48. The van der Waals surface area contributed by atoms with Gasteiger partial charge in [-0.3, -0.25) is 24.3 Å². The van der Waals surface area contributed by atoms with Crippen molar-refractivity contribution >= 4 is 76.0 Å². The number of aryl methyl sites for hydroxylation is 1. The van der Waals surface area contributed by atoms with Gasteiger partial charge in [0.15, 0.2) is 16.9 Å². The van der Waals surface area contributed by atoms with Gasteiger partial charge in [0.25, 0.3) is 11.8 Å². The summed E-state index contributed by atoms with van der Waals surface area (Å²) in [7, 11) is 1.28. The smallest absolute Gasteiger partial charge is 0.356 e. The minimum Gasteiger partial charge on any atom is -0.448 e. The number of ether oxygens (including phenoxy) is 1. The van der Waals surface area contributed by atoms with E-state index in [1.165, 1.54) is 40.9 Å². The standard InChI is InChI=1S/C35H30N6O6S3/c1-21-13-14-22(17-36-21)15-16-48-26-19-49-33-28(39-31(43)27(40-46-2)25-18-50-35(38-25)37-20-42)32(44)41(33)29(26)34(45)47-30(23-9-5-3-6-10-23)24-11-7-4-8-12-24/h3-18,20,28,30,33H,19H2,1-2H3,(H,39,43)(H,37,38,42)/b16-15-,40-27?/t28?,33-/m1/s1. The number of rotatable bonds is 13. The molecule has 254 valence electrons. The molecule has 0 saturated carbocycles. The lowest BCUT2D eigenvalue weighted by atomic mass is 10.0. The zero-order chi connectivity index (χ0) is 35.0. The lowest BCUT2D eigenvalue weighted by molar-refractivity contribution is -0.154. The first-order valence-electron chi connectivity index (χ1n) is 15.2. The fraction of sp³-hybridized carbons (Fsp3) is 0.171. The molecule has 15 heteroatoms. The van der Waals surface area contributed by atoms with Crippen LogP contribution < -0.4 is 10.6 Å². The average molecular weight is 727 g/mol. The first-order valence-corrected chi connectivity index (χ1v) is 18.0. The van der Waals surface area contributed by atoms with E-state index in [1.807, 2.05) is 91.2 Å². The number of thioether (sulfide) groups is 2. The third-order valence-corrected chi connectivity index (χ3v) is 10.7. The molecular weight excluding hydrogens is 697 g/mol. The van der Waals surface area contributed by atoms with E-state index in [0.717, 1.165) is 33.7 Å². The van der Waals surface area contributed by atoms with Crippen molar-refractivity contribution in [1.82, 2.24) is 20.2 Å². The van der Waals surface area contributed by atoms with Crippen LogP contribution in [0.5, 0.6) is 0 Å². The van der Waals surface area contributed by atoms with E-state index >= 15 is 0 Å². The van der Waals surface area contributed by atoms with Crippen molar-refractivity contribution in [3.05, 3.63) is 128 Å². The van der Waals surface area contributed by atoms with Gasteiger partial charge in [0.05, 0.1) is 0 Å². The molecule has 50 heavy (non-hydrogen) atoms. The Morgan fingerprint density at radius 2 is 1.80 bits per heavy atom. The number of carbonyl (C=O) groups is 4. The minimum atomic E-state index is -0.969. The Balaban J connectivity index is 1.28. The number of amides is 3. The number of benzene rings is 2. The SMILES string of the molecule is CON=C(C(=O)NC1C(=O)N2C(C(=O)OC(c3ccccc3)c3ccccc3)=C(S/C=C\c3ccc(C)nc3)CS[C@H]12)c1csc(NC=O)n1. The highest BCUT2D eigenvalue weighted by atomic mass is 32.2. The minimum absolute atomic E-state index is 0.118. The second-order valence-electron chi connectivity index (χ2n) is 10.8. The molecule has 0 bridgehead atoms. The largest absolute Gasteiger partial charge is 0.448 e. The molecule has 2 aliphatic rings.